The first kappa shape index (κ1) is 20.0. The van der Waals surface area contributed by atoms with E-state index in [1.165, 1.54) is 39.3 Å². The molecular formula is C22H28N2O2S2. The minimum absolute atomic E-state index is 0.0123. The van der Waals surface area contributed by atoms with Crippen LogP contribution in [0.4, 0.5) is 5.00 Å². The fraction of sp³-hybridized carbons (Fsp3) is 0.500. The van der Waals surface area contributed by atoms with Gasteiger partial charge in [-0.15, -0.1) is 23.1 Å². The van der Waals surface area contributed by atoms with Crippen LogP contribution in [0.2, 0.25) is 0 Å². The van der Waals surface area contributed by atoms with Gasteiger partial charge in [-0.1, -0.05) is 12.1 Å². The lowest BCUT2D eigenvalue weighted by Gasteiger charge is -2.36. The smallest absolute Gasteiger partial charge is 0.221 e. The molecule has 28 heavy (non-hydrogen) atoms. The van der Waals surface area contributed by atoms with Gasteiger partial charge in [-0.05, 0) is 55.2 Å². The number of thiophene rings is 1. The Morgan fingerprint density at radius 2 is 1.89 bits per heavy atom. The minimum Gasteiger partial charge on any atom is -0.379 e. The molecule has 4 rings (SSSR count). The number of hydrogen-bond acceptors (Lipinski definition) is 5. The van der Waals surface area contributed by atoms with Gasteiger partial charge in [0.2, 0.25) is 5.91 Å². The average Bonchev–Trinajstić information content (AvgIpc) is 3.07. The first-order valence-electron chi connectivity index (χ1n) is 10.0. The standard InChI is InChI=1S/C22H28N2O2S2/c1-15(25)23-22-20(18-5-3-4-6-19(18)28-22)21(24-11-13-26-14-12-24)16-7-9-17(27-2)10-8-16/h7-10,21H,3-6,11-14H2,1-2H3,(H,23,25). The number of thioether (sulfide) groups is 1. The Kier molecular flexibility index (Phi) is 6.41. The molecule has 0 spiro atoms. The van der Waals surface area contributed by atoms with Gasteiger partial charge >= 0.3 is 0 Å². The number of aryl methyl sites for hydroxylation is 1. The van der Waals surface area contributed by atoms with E-state index in [2.05, 4.69) is 40.7 Å². The Morgan fingerprint density at radius 3 is 2.57 bits per heavy atom. The third-order valence-electron chi connectivity index (χ3n) is 5.62. The molecule has 1 unspecified atom stereocenters. The van der Waals surface area contributed by atoms with Crippen LogP contribution in [0, 0.1) is 0 Å². The van der Waals surface area contributed by atoms with E-state index in [0.717, 1.165) is 44.1 Å². The second-order valence-electron chi connectivity index (χ2n) is 7.46. The van der Waals surface area contributed by atoms with Crippen molar-refractivity contribution in [1.29, 1.82) is 0 Å². The van der Waals surface area contributed by atoms with Gasteiger partial charge in [-0.3, -0.25) is 9.69 Å². The van der Waals surface area contributed by atoms with Gasteiger partial charge in [0.05, 0.1) is 19.3 Å². The van der Waals surface area contributed by atoms with Crippen molar-refractivity contribution >= 4 is 34.0 Å². The van der Waals surface area contributed by atoms with Gasteiger partial charge in [0.15, 0.2) is 0 Å². The monoisotopic (exact) mass is 416 g/mol. The van der Waals surface area contributed by atoms with Crippen LogP contribution in [0.15, 0.2) is 29.2 Å². The molecule has 1 saturated heterocycles. The highest BCUT2D eigenvalue weighted by Crippen LogP contribution is 2.45. The maximum atomic E-state index is 12.0. The number of amides is 1. The molecule has 6 heteroatoms. The first-order valence-corrected chi connectivity index (χ1v) is 12.1. The molecule has 1 fully saturated rings. The third-order valence-corrected chi connectivity index (χ3v) is 7.58. The van der Waals surface area contributed by atoms with Crippen LogP contribution in [0.3, 0.4) is 0 Å². The maximum absolute atomic E-state index is 12.0. The molecule has 1 amide bonds. The summed E-state index contributed by atoms with van der Waals surface area (Å²) in [7, 11) is 0. The summed E-state index contributed by atoms with van der Waals surface area (Å²) in [5.74, 6) is 0.0123. The summed E-state index contributed by atoms with van der Waals surface area (Å²) < 4.78 is 5.63. The summed E-state index contributed by atoms with van der Waals surface area (Å²) in [5, 5.41) is 4.21. The van der Waals surface area contributed by atoms with E-state index in [1.54, 1.807) is 30.0 Å². The van der Waals surface area contributed by atoms with E-state index in [1.807, 2.05) is 0 Å². The summed E-state index contributed by atoms with van der Waals surface area (Å²) >= 11 is 3.56. The van der Waals surface area contributed by atoms with Gasteiger partial charge in [0.1, 0.15) is 5.00 Å². The first-order chi connectivity index (χ1) is 13.7. The van der Waals surface area contributed by atoms with E-state index in [4.69, 9.17) is 4.74 Å². The summed E-state index contributed by atoms with van der Waals surface area (Å²) in [6, 6.07) is 9.11. The Hall–Kier alpha value is -1.34. The van der Waals surface area contributed by atoms with Crippen molar-refractivity contribution in [1.82, 2.24) is 4.90 Å². The molecule has 0 radical (unpaired) electrons. The number of carbonyl (C=O) groups is 1. The summed E-state index contributed by atoms with van der Waals surface area (Å²) in [6.07, 6.45) is 6.84. The van der Waals surface area contributed by atoms with Crippen molar-refractivity contribution in [2.24, 2.45) is 0 Å². The van der Waals surface area contributed by atoms with E-state index in [0.29, 0.717) is 0 Å². The second-order valence-corrected chi connectivity index (χ2v) is 9.44. The Balaban J connectivity index is 1.83. The lowest BCUT2D eigenvalue weighted by atomic mass is 9.88. The molecule has 150 valence electrons. The number of hydrogen-bond donors (Lipinski definition) is 1. The van der Waals surface area contributed by atoms with Crippen molar-refractivity contribution in [2.75, 3.05) is 37.9 Å². The molecule has 2 aromatic rings. The van der Waals surface area contributed by atoms with E-state index in [-0.39, 0.29) is 11.9 Å². The summed E-state index contributed by atoms with van der Waals surface area (Å²) in [6.45, 7) is 4.97. The molecule has 1 atom stereocenters. The topological polar surface area (TPSA) is 41.6 Å². The Bertz CT molecular complexity index is 826. The van der Waals surface area contributed by atoms with Crippen molar-refractivity contribution in [3.63, 3.8) is 0 Å². The number of fused-ring (bicyclic) bond motifs is 1. The molecule has 0 saturated carbocycles. The normalized spacial score (nSPS) is 18.5. The molecule has 2 aliphatic rings. The highest BCUT2D eigenvalue weighted by Gasteiger charge is 2.32. The quantitative estimate of drug-likeness (QED) is 0.716. The van der Waals surface area contributed by atoms with Crippen molar-refractivity contribution in [2.45, 2.75) is 43.5 Å². The van der Waals surface area contributed by atoms with Crippen molar-refractivity contribution in [3.05, 3.63) is 45.8 Å². The Labute approximate surface area is 175 Å². The molecule has 0 bridgehead atoms. The number of rotatable bonds is 5. The molecule has 1 aromatic heterocycles. The molecule has 4 nitrogen and oxygen atoms in total. The van der Waals surface area contributed by atoms with Gasteiger partial charge in [0, 0.05) is 35.3 Å². The molecule has 2 heterocycles. The molecule has 1 N–H and O–H groups in total. The predicted molar refractivity (Wildman–Crippen MR) is 118 cm³/mol. The summed E-state index contributed by atoms with van der Waals surface area (Å²) in [4.78, 5) is 17.2. The highest BCUT2D eigenvalue weighted by molar-refractivity contribution is 7.98. The Morgan fingerprint density at radius 1 is 1.18 bits per heavy atom. The van der Waals surface area contributed by atoms with Gasteiger partial charge in [-0.2, -0.15) is 0 Å². The number of ether oxygens (including phenoxy) is 1. The number of nitrogens with zero attached hydrogens (tertiary/aromatic N) is 1. The SMILES string of the molecule is CSc1ccc(C(c2c(NC(C)=O)sc3c2CCCC3)N2CCOCC2)cc1. The number of morpholine rings is 1. The van der Waals surface area contributed by atoms with Crippen LogP contribution >= 0.6 is 23.1 Å². The maximum Gasteiger partial charge on any atom is 0.221 e. The number of anilines is 1. The predicted octanol–water partition coefficient (Wildman–Crippen LogP) is 4.73. The van der Waals surface area contributed by atoms with E-state index >= 15 is 0 Å². The number of benzene rings is 1. The largest absolute Gasteiger partial charge is 0.379 e. The van der Waals surface area contributed by atoms with Gasteiger partial charge in [-0.25, -0.2) is 0 Å². The van der Waals surface area contributed by atoms with E-state index < -0.39 is 0 Å². The molecule has 1 aromatic carbocycles. The van der Waals surface area contributed by atoms with Crippen LogP contribution in [-0.4, -0.2) is 43.4 Å². The van der Waals surface area contributed by atoms with Crippen LogP contribution in [0.1, 0.15) is 47.4 Å². The zero-order valence-electron chi connectivity index (χ0n) is 16.6. The van der Waals surface area contributed by atoms with Crippen LogP contribution in [0.5, 0.6) is 0 Å². The lowest BCUT2D eigenvalue weighted by molar-refractivity contribution is -0.114. The fourth-order valence-electron chi connectivity index (χ4n) is 4.31. The second kappa shape index (κ2) is 8.99. The molecule has 1 aliphatic heterocycles. The summed E-state index contributed by atoms with van der Waals surface area (Å²) in [5.41, 5.74) is 4.11. The number of nitrogens with one attached hydrogen (secondary N) is 1. The van der Waals surface area contributed by atoms with Crippen molar-refractivity contribution in [3.8, 4) is 0 Å². The van der Waals surface area contributed by atoms with E-state index in [9.17, 15) is 4.79 Å². The van der Waals surface area contributed by atoms with Gasteiger partial charge in [0.25, 0.3) is 0 Å². The molecule has 1 aliphatic carbocycles. The van der Waals surface area contributed by atoms with Crippen molar-refractivity contribution < 1.29 is 9.53 Å². The van der Waals surface area contributed by atoms with Crippen LogP contribution in [0.25, 0.3) is 0 Å². The van der Waals surface area contributed by atoms with Crippen LogP contribution in [-0.2, 0) is 22.4 Å². The minimum atomic E-state index is 0.0123. The number of carbonyl (C=O) groups excluding carboxylic acids is 1. The third kappa shape index (κ3) is 4.15. The zero-order chi connectivity index (χ0) is 19.5. The zero-order valence-corrected chi connectivity index (χ0v) is 18.3. The highest BCUT2D eigenvalue weighted by atomic mass is 32.2. The van der Waals surface area contributed by atoms with Gasteiger partial charge < -0.3 is 10.1 Å². The van der Waals surface area contributed by atoms with Crippen LogP contribution < -0.4 is 5.32 Å². The lowest BCUT2D eigenvalue weighted by Crippen LogP contribution is -2.40. The average molecular weight is 417 g/mol. The molecular weight excluding hydrogens is 388 g/mol. The fourth-order valence-corrected chi connectivity index (χ4v) is 6.09.